The molecule has 0 saturated heterocycles. The van der Waals surface area contributed by atoms with Crippen molar-refractivity contribution in [3.05, 3.63) is 71.0 Å². The van der Waals surface area contributed by atoms with Crippen molar-refractivity contribution in [2.75, 3.05) is 18.5 Å². The lowest BCUT2D eigenvalue weighted by Crippen LogP contribution is -2.32. The van der Waals surface area contributed by atoms with Crippen LogP contribution in [0.5, 0.6) is 0 Å². The number of rotatable bonds is 10. The minimum atomic E-state index is -3.92. The van der Waals surface area contributed by atoms with E-state index in [4.69, 9.17) is 16.3 Å². The molecule has 1 saturated carbocycles. The smallest absolute Gasteiger partial charge is 0.255 e. The van der Waals surface area contributed by atoms with Crippen molar-refractivity contribution in [1.82, 2.24) is 0 Å². The highest BCUT2D eigenvalue weighted by molar-refractivity contribution is 7.92. The number of carbonyl (C=O) groups is 1. The van der Waals surface area contributed by atoms with Gasteiger partial charge in [0.15, 0.2) is 27.3 Å². The van der Waals surface area contributed by atoms with E-state index in [1.807, 2.05) is 13.8 Å². The van der Waals surface area contributed by atoms with Gasteiger partial charge < -0.3 is 10.1 Å². The number of sulfone groups is 1. The van der Waals surface area contributed by atoms with E-state index in [9.17, 15) is 26.4 Å². The van der Waals surface area contributed by atoms with E-state index in [0.717, 1.165) is 12.8 Å². The van der Waals surface area contributed by atoms with Crippen LogP contribution in [0, 0.1) is 35.2 Å². The zero-order valence-corrected chi connectivity index (χ0v) is 21.6. The maximum Gasteiger partial charge on any atom is 0.255 e. The summed E-state index contributed by atoms with van der Waals surface area (Å²) in [7, 11) is -3.92. The summed E-state index contributed by atoms with van der Waals surface area (Å²) in [6, 6.07) is 5.04. The van der Waals surface area contributed by atoms with Crippen molar-refractivity contribution in [2.24, 2.45) is 17.8 Å². The SMILES string of the molecule is C=CCOC[C@H](C)C[C@@H]1CC[C@@H](C)C1S(=O)(=O)c1cc(C(=O)Nc2cc(F)c(F)c(F)c2)ccc1Cl. The highest BCUT2D eigenvalue weighted by Gasteiger charge is 2.44. The van der Waals surface area contributed by atoms with E-state index in [2.05, 4.69) is 11.9 Å². The Hall–Kier alpha value is -2.36. The predicted octanol–water partition coefficient (Wildman–Crippen LogP) is 6.43. The summed E-state index contributed by atoms with van der Waals surface area (Å²) in [5.74, 6) is -5.48. The van der Waals surface area contributed by atoms with Crippen LogP contribution in [0.15, 0.2) is 47.9 Å². The Morgan fingerprint density at radius 3 is 2.53 bits per heavy atom. The largest absolute Gasteiger partial charge is 0.377 e. The molecule has 1 aliphatic carbocycles. The molecule has 1 aliphatic rings. The van der Waals surface area contributed by atoms with E-state index < -0.39 is 38.4 Å². The minimum absolute atomic E-state index is 0.0226. The number of ether oxygens (including phenoxy) is 1. The van der Waals surface area contributed by atoms with Crippen LogP contribution in [0.1, 0.15) is 43.5 Å². The summed E-state index contributed by atoms with van der Waals surface area (Å²) >= 11 is 6.29. The molecule has 1 N–H and O–H groups in total. The average molecular weight is 544 g/mol. The van der Waals surface area contributed by atoms with Gasteiger partial charge in [0, 0.05) is 30.0 Å². The molecule has 0 spiro atoms. The number of amides is 1. The van der Waals surface area contributed by atoms with Gasteiger partial charge in [-0.05, 0) is 55.2 Å². The normalized spacial score (nSPS) is 20.8. The summed E-state index contributed by atoms with van der Waals surface area (Å²) in [5, 5.41) is 1.55. The lowest BCUT2D eigenvalue weighted by atomic mass is 9.94. The molecular weight excluding hydrogens is 515 g/mol. The lowest BCUT2D eigenvalue weighted by Gasteiger charge is -2.26. The molecular formula is C26H29ClF3NO4S. The van der Waals surface area contributed by atoms with Crippen molar-refractivity contribution < 1.29 is 31.1 Å². The molecule has 36 heavy (non-hydrogen) atoms. The zero-order valence-electron chi connectivity index (χ0n) is 20.1. The van der Waals surface area contributed by atoms with Gasteiger partial charge in [-0.15, -0.1) is 6.58 Å². The zero-order chi connectivity index (χ0) is 26.6. The molecule has 2 aromatic rings. The van der Waals surface area contributed by atoms with Gasteiger partial charge in [0.2, 0.25) is 0 Å². The average Bonchev–Trinajstić information content (AvgIpc) is 3.18. The predicted molar refractivity (Wildman–Crippen MR) is 133 cm³/mol. The van der Waals surface area contributed by atoms with Crippen LogP contribution >= 0.6 is 11.6 Å². The van der Waals surface area contributed by atoms with Crippen LogP contribution in [0.25, 0.3) is 0 Å². The van der Waals surface area contributed by atoms with Crippen molar-refractivity contribution >= 4 is 33.0 Å². The first-order valence-corrected chi connectivity index (χ1v) is 13.6. The van der Waals surface area contributed by atoms with E-state index in [0.29, 0.717) is 31.8 Å². The maximum absolute atomic E-state index is 13.8. The van der Waals surface area contributed by atoms with Crippen molar-refractivity contribution in [2.45, 2.75) is 43.3 Å². The van der Waals surface area contributed by atoms with Crippen LogP contribution < -0.4 is 5.32 Å². The first-order valence-electron chi connectivity index (χ1n) is 11.6. The molecule has 0 heterocycles. The van der Waals surface area contributed by atoms with Gasteiger partial charge in [-0.25, -0.2) is 21.6 Å². The van der Waals surface area contributed by atoms with E-state index in [-0.39, 0.29) is 38.9 Å². The second kappa shape index (κ2) is 11.8. The maximum atomic E-state index is 13.8. The van der Waals surface area contributed by atoms with Gasteiger partial charge in [0.1, 0.15) is 0 Å². The van der Waals surface area contributed by atoms with Crippen LogP contribution in [0.4, 0.5) is 18.9 Å². The number of hydrogen-bond acceptors (Lipinski definition) is 4. The van der Waals surface area contributed by atoms with Gasteiger partial charge in [-0.3, -0.25) is 4.79 Å². The number of halogens is 4. The van der Waals surface area contributed by atoms with Crippen LogP contribution in [-0.2, 0) is 14.6 Å². The monoisotopic (exact) mass is 543 g/mol. The van der Waals surface area contributed by atoms with E-state index in [1.165, 1.54) is 18.2 Å². The van der Waals surface area contributed by atoms with Crippen LogP contribution in [0.3, 0.4) is 0 Å². The van der Waals surface area contributed by atoms with Crippen LogP contribution in [-0.4, -0.2) is 32.8 Å². The second-order valence-corrected chi connectivity index (χ2v) is 11.8. The van der Waals surface area contributed by atoms with Crippen molar-refractivity contribution in [3.63, 3.8) is 0 Å². The molecule has 0 aromatic heterocycles. The highest BCUT2D eigenvalue weighted by Crippen LogP contribution is 2.43. The number of hydrogen-bond donors (Lipinski definition) is 1. The Kier molecular flexibility index (Phi) is 9.24. The molecule has 5 nitrogen and oxygen atoms in total. The first-order chi connectivity index (χ1) is 16.9. The molecule has 196 valence electrons. The number of nitrogens with one attached hydrogen (secondary N) is 1. The topological polar surface area (TPSA) is 72.5 Å². The summed E-state index contributed by atoms with van der Waals surface area (Å²) in [6.07, 6.45) is 3.81. The van der Waals surface area contributed by atoms with E-state index >= 15 is 0 Å². The molecule has 1 fully saturated rings. The summed E-state index contributed by atoms with van der Waals surface area (Å²) in [4.78, 5) is 12.6. The second-order valence-electron chi connectivity index (χ2n) is 9.34. The Balaban J connectivity index is 1.85. The van der Waals surface area contributed by atoms with Gasteiger partial charge in [0.05, 0.1) is 21.8 Å². The third kappa shape index (κ3) is 6.30. The number of carbonyl (C=O) groups excluding carboxylic acids is 1. The molecule has 0 bridgehead atoms. The molecule has 10 heteroatoms. The Bertz CT molecular complexity index is 1210. The van der Waals surface area contributed by atoms with Crippen LogP contribution in [0.2, 0.25) is 5.02 Å². The molecule has 0 radical (unpaired) electrons. The summed E-state index contributed by atoms with van der Waals surface area (Å²) in [6.45, 7) is 8.43. The Morgan fingerprint density at radius 2 is 1.89 bits per heavy atom. The quantitative estimate of drug-likeness (QED) is 0.213. The fourth-order valence-corrected chi connectivity index (χ4v) is 7.73. The molecule has 2 aromatic carbocycles. The fraction of sp³-hybridized carbons (Fsp3) is 0.423. The molecule has 3 rings (SSSR count). The third-order valence-corrected chi connectivity index (χ3v) is 9.42. The van der Waals surface area contributed by atoms with E-state index in [1.54, 1.807) is 6.08 Å². The number of benzene rings is 2. The van der Waals surface area contributed by atoms with Gasteiger partial charge >= 0.3 is 0 Å². The third-order valence-electron chi connectivity index (χ3n) is 6.46. The first kappa shape index (κ1) is 28.2. The molecule has 4 atom stereocenters. The molecule has 1 unspecified atom stereocenters. The molecule has 0 aliphatic heterocycles. The van der Waals surface area contributed by atoms with Gasteiger partial charge in [0.25, 0.3) is 5.91 Å². The van der Waals surface area contributed by atoms with Crippen molar-refractivity contribution in [1.29, 1.82) is 0 Å². The fourth-order valence-electron chi connectivity index (χ4n) is 4.86. The Morgan fingerprint density at radius 1 is 1.22 bits per heavy atom. The summed E-state index contributed by atoms with van der Waals surface area (Å²) in [5.41, 5.74) is -0.385. The van der Waals surface area contributed by atoms with Gasteiger partial charge in [-0.2, -0.15) is 0 Å². The van der Waals surface area contributed by atoms with Gasteiger partial charge in [-0.1, -0.05) is 31.5 Å². The lowest BCUT2D eigenvalue weighted by molar-refractivity contribution is 0.102. The number of anilines is 1. The van der Waals surface area contributed by atoms with Crippen molar-refractivity contribution in [3.8, 4) is 0 Å². The Labute approximate surface area is 214 Å². The standard InChI is InChI=1S/C26H29ClF3NO4S/c1-4-9-35-14-15(2)10-17-6-5-16(3)25(17)36(33,34)23-11-18(7-8-20(23)27)26(32)31-19-12-21(28)24(30)22(29)13-19/h4,7-8,11-13,15-17,25H,1,5-6,9-10,14H2,2-3H3,(H,31,32)/t15-,16-,17+,25?/m1/s1. The minimum Gasteiger partial charge on any atom is -0.377 e. The molecule has 1 amide bonds. The summed E-state index contributed by atoms with van der Waals surface area (Å²) < 4.78 is 73.3. The highest BCUT2D eigenvalue weighted by atomic mass is 35.5.